The predicted molar refractivity (Wildman–Crippen MR) is 85.5 cm³/mol. The van der Waals surface area contributed by atoms with Gasteiger partial charge in [-0.15, -0.1) is 0 Å². The van der Waals surface area contributed by atoms with Gasteiger partial charge in [-0.3, -0.25) is 0 Å². The van der Waals surface area contributed by atoms with Gasteiger partial charge in [-0.25, -0.2) is 4.98 Å². The zero-order chi connectivity index (χ0) is 15.2. The maximum Gasteiger partial charge on any atom is 0.228 e. The lowest BCUT2D eigenvalue weighted by molar-refractivity contribution is 0.228. The normalized spacial score (nSPS) is 18.0. The Morgan fingerprint density at radius 2 is 2.09 bits per heavy atom. The molecule has 1 aliphatic rings. The summed E-state index contributed by atoms with van der Waals surface area (Å²) in [4.78, 5) is 11.0. The summed E-state index contributed by atoms with van der Waals surface area (Å²) >= 11 is 0. The van der Waals surface area contributed by atoms with Crippen molar-refractivity contribution in [2.45, 2.75) is 12.8 Å². The minimum Gasteiger partial charge on any atom is -0.493 e. The van der Waals surface area contributed by atoms with Crippen molar-refractivity contribution in [1.29, 1.82) is 0 Å². The second-order valence-corrected chi connectivity index (χ2v) is 5.48. The summed E-state index contributed by atoms with van der Waals surface area (Å²) in [6.07, 6.45) is 4.04. The fourth-order valence-corrected chi connectivity index (χ4v) is 2.71. The van der Waals surface area contributed by atoms with Crippen LogP contribution in [0.5, 0.6) is 11.6 Å². The predicted octanol–water partition coefficient (Wildman–Crippen LogP) is 2.78. The van der Waals surface area contributed by atoms with E-state index in [1.54, 1.807) is 19.4 Å². The molecule has 0 amide bonds. The molecular weight excluding hydrogens is 278 g/mol. The lowest BCUT2D eigenvalue weighted by Crippen LogP contribution is -2.38. The number of piperidine rings is 1. The molecule has 1 aliphatic heterocycles. The van der Waals surface area contributed by atoms with Crippen LogP contribution in [0.2, 0.25) is 0 Å². The molecule has 1 atom stereocenters. The second kappa shape index (κ2) is 7.11. The maximum absolute atomic E-state index is 5.88. The summed E-state index contributed by atoms with van der Waals surface area (Å²) < 4.78 is 11.1. The Hall–Kier alpha value is -2.30. The van der Waals surface area contributed by atoms with Crippen LogP contribution < -0.4 is 14.4 Å². The van der Waals surface area contributed by atoms with Gasteiger partial charge in [0.05, 0.1) is 13.7 Å². The second-order valence-electron chi connectivity index (χ2n) is 5.48. The quantitative estimate of drug-likeness (QED) is 0.849. The monoisotopic (exact) mass is 299 g/mol. The third-order valence-corrected chi connectivity index (χ3v) is 3.86. The molecule has 5 heteroatoms. The minimum absolute atomic E-state index is 0.490. The van der Waals surface area contributed by atoms with Gasteiger partial charge < -0.3 is 14.4 Å². The first-order valence-corrected chi connectivity index (χ1v) is 7.65. The highest BCUT2D eigenvalue weighted by atomic mass is 16.5. The first-order chi connectivity index (χ1) is 10.8. The average Bonchev–Trinajstić information content (AvgIpc) is 2.61. The Morgan fingerprint density at radius 3 is 2.91 bits per heavy atom. The van der Waals surface area contributed by atoms with Gasteiger partial charge >= 0.3 is 0 Å². The van der Waals surface area contributed by atoms with Crippen molar-refractivity contribution in [3.05, 3.63) is 42.6 Å². The fourth-order valence-electron chi connectivity index (χ4n) is 2.71. The van der Waals surface area contributed by atoms with Crippen molar-refractivity contribution < 1.29 is 9.47 Å². The lowest BCUT2D eigenvalue weighted by Gasteiger charge is -2.32. The van der Waals surface area contributed by atoms with Crippen LogP contribution in [0.25, 0.3) is 0 Å². The number of aromatic nitrogens is 2. The first kappa shape index (κ1) is 14.6. The third kappa shape index (κ3) is 3.67. The minimum atomic E-state index is 0.490. The van der Waals surface area contributed by atoms with E-state index in [-0.39, 0.29) is 0 Å². The number of rotatable bonds is 5. The van der Waals surface area contributed by atoms with Crippen LogP contribution in [0.1, 0.15) is 12.8 Å². The van der Waals surface area contributed by atoms with Gasteiger partial charge in [-0.05, 0) is 25.0 Å². The summed E-state index contributed by atoms with van der Waals surface area (Å²) in [5.74, 6) is 2.76. The number of para-hydroxylation sites is 1. The highest BCUT2D eigenvalue weighted by Crippen LogP contribution is 2.22. The lowest BCUT2D eigenvalue weighted by atomic mass is 9.99. The Bertz CT molecular complexity index is 591. The van der Waals surface area contributed by atoms with Gasteiger partial charge in [0.1, 0.15) is 5.75 Å². The highest BCUT2D eigenvalue weighted by Gasteiger charge is 2.22. The van der Waals surface area contributed by atoms with Crippen molar-refractivity contribution in [2.24, 2.45) is 5.92 Å². The van der Waals surface area contributed by atoms with Crippen LogP contribution in [0, 0.1) is 5.92 Å². The van der Waals surface area contributed by atoms with Gasteiger partial charge in [0.15, 0.2) is 0 Å². The molecule has 0 aliphatic carbocycles. The van der Waals surface area contributed by atoms with Gasteiger partial charge in [0.25, 0.3) is 0 Å². The van der Waals surface area contributed by atoms with E-state index >= 15 is 0 Å². The fraction of sp³-hybridized carbons (Fsp3) is 0.412. The van der Waals surface area contributed by atoms with E-state index in [9.17, 15) is 0 Å². The van der Waals surface area contributed by atoms with Crippen molar-refractivity contribution in [3.63, 3.8) is 0 Å². The molecule has 1 aromatic carbocycles. The molecule has 0 bridgehead atoms. The molecule has 1 aromatic heterocycles. The zero-order valence-electron chi connectivity index (χ0n) is 12.8. The molecule has 22 heavy (non-hydrogen) atoms. The number of ether oxygens (including phenoxy) is 2. The van der Waals surface area contributed by atoms with E-state index in [0.717, 1.165) is 37.8 Å². The van der Waals surface area contributed by atoms with Crippen LogP contribution in [0.4, 0.5) is 5.95 Å². The number of anilines is 1. The Morgan fingerprint density at radius 1 is 1.23 bits per heavy atom. The molecule has 0 N–H and O–H groups in total. The molecular formula is C17H21N3O2. The Kier molecular flexibility index (Phi) is 4.73. The van der Waals surface area contributed by atoms with Crippen molar-refractivity contribution in [1.82, 2.24) is 9.97 Å². The average molecular weight is 299 g/mol. The van der Waals surface area contributed by atoms with E-state index in [1.165, 1.54) is 6.42 Å². The maximum atomic E-state index is 5.88. The van der Waals surface area contributed by atoms with Crippen molar-refractivity contribution >= 4 is 5.95 Å². The van der Waals surface area contributed by atoms with E-state index in [4.69, 9.17) is 9.47 Å². The van der Waals surface area contributed by atoms with Crippen LogP contribution in [0.3, 0.4) is 0 Å². The van der Waals surface area contributed by atoms with Crippen LogP contribution >= 0.6 is 0 Å². The highest BCUT2D eigenvalue weighted by molar-refractivity contribution is 5.32. The molecule has 2 aromatic rings. The Balaban J connectivity index is 1.59. The number of nitrogens with zero attached hydrogens (tertiary/aromatic N) is 3. The summed E-state index contributed by atoms with van der Waals surface area (Å²) in [6.45, 7) is 2.62. The molecule has 116 valence electrons. The Labute approximate surface area is 130 Å². The van der Waals surface area contributed by atoms with Crippen LogP contribution in [0.15, 0.2) is 42.6 Å². The molecule has 1 unspecified atom stereocenters. The first-order valence-electron chi connectivity index (χ1n) is 7.65. The summed E-state index contributed by atoms with van der Waals surface area (Å²) in [6, 6.07) is 11.7. The van der Waals surface area contributed by atoms with E-state index in [2.05, 4.69) is 14.9 Å². The molecule has 3 rings (SSSR count). The van der Waals surface area contributed by atoms with Crippen molar-refractivity contribution in [3.8, 4) is 11.6 Å². The summed E-state index contributed by atoms with van der Waals surface area (Å²) in [7, 11) is 1.62. The number of hydrogen-bond donors (Lipinski definition) is 0. The SMILES string of the molecule is COc1ccnc(N2CCCC(COc3ccccc3)C2)n1. The largest absolute Gasteiger partial charge is 0.493 e. The topological polar surface area (TPSA) is 47.5 Å². The third-order valence-electron chi connectivity index (χ3n) is 3.86. The molecule has 1 saturated heterocycles. The molecule has 0 spiro atoms. The molecule has 5 nitrogen and oxygen atoms in total. The van der Waals surface area contributed by atoms with Gasteiger partial charge in [0, 0.05) is 31.3 Å². The zero-order valence-corrected chi connectivity index (χ0v) is 12.8. The molecule has 0 radical (unpaired) electrons. The van der Waals surface area contributed by atoms with E-state index in [0.29, 0.717) is 11.8 Å². The molecule has 1 fully saturated rings. The van der Waals surface area contributed by atoms with E-state index < -0.39 is 0 Å². The van der Waals surface area contributed by atoms with Gasteiger partial charge in [-0.1, -0.05) is 18.2 Å². The standard InChI is InChI=1S/C17H21N3O2/c1-21-16-9-10-18-17(19-16)20-11-5-6-14(12-20)13-22-15-7-3-2-4-8-15/h2-4,7-10,14H,5-6,11-13H2,1H3. The smallest absolute Gasteiger partial charge is 0.228 e. The number of methoxy groups -OCH3 is 1. The molecule has 2 heterocycles. The number of hydrogen-bond acceptors (Lipinski definition) is 5. The van der Waals surface area contributed by atoms with Crippen LogP contribution in [-0.2, 0) is 0 Å². The van der Waals surface area contributed by atoms with Crippen LogP contribution in [-0.4, -0.2) is 36.8 Å². The van der Waals surface area contributed by atoms with Crippen molar-refractivity contribution in [2.75, 3.05) is 31.7 Å². The van der Waals surface area contributed by atoms with Gasteiger partial charge in [-0.2, -0.15) is 4.98 Å². The molecule has 0 saturated carbocycles. The summed E-state index contributed by atoms with van der Waals surface area (Å²) in [5, 5.41) is 0. The van der Waals surface area contributed by atoms with Gasteiger partial charge in [0.2, 0.25) is 11.8 Å². The number of benzene rings is 1. The summed E-state index contributed by atoms with van der Waals surface area (Å²) in [5.41, 5.74) is 0. The van der Waals surface area contributed by atoms with E-state index in [1.807, 2.05) is 30.3 Å².